The lowest BCUT2D eigenvalue weighted by atomic mass is 10.2. The largest absolute Gasteiger partial charge is 0.456 e. The molecule has 9 nitrogen and oxygen atoms in total. The number of ether oxygens (including phenoxy) is 1. The molecule has 1 aromatic heterocycles. The average Bonchev–Trinajstić information content (AvgIpc) is 3.35. The van der Waals surface area contributed by atoms with E-state index in [4.69, 9.17) is 4.74 Å². The van der Waals surface area contributed by atoms with Crippen LogP contribution in [0.3, 0.4) is 0 Å². The first-order valence-electron chi connectivity index (χ1n) is 10.1. The van der Waals surface area contributed by atoms with Crippen LogP contribution in [0.15, 0.2) is 23.1 Å². The van der Waals surface area contributed by atoms with Gasteiger partial charge >= 0.3 is 5.97 Å². The molecule has 168 valence electrons. The normalized spacial score (nSPS) is 23.7. The minimum atomic E-state index is -3.58. The number of aromatic nitrogens is 2. The molecule has 0 spiro atoms. The molecule has 1 aromatic carbocycles. The third kappa shape index (κ3) is 3.62. The van der Waals surface area contributed by atoms with Crippen LogP contribution in [-0.2, 0) is 37.5 Å². The van der Waals surface area contributed by atoms with Crippen molar-refractivity contribution in [3.63, 3.8) is 0 Å². The Kier molecular flexibility index (Phi) is 5.55. The highest BCUT2D eigenvalue weighted by Crippen LogP contribution is 2.47. The van der Waals surface area contributed by atoms with Crippen molar-refractivity contribution in [2.45, 2.75) is 55.6 Å². The highest BCUT2D eigenvalue weighted by molar-refractivity contribution is 8.01. The highest BCUT2D eigenvalue weighted by Gasteiger charge is 2.53. The number of fused-ring (bicyclic) bond motifs is 2. The molecule has 4 rings (SSSR count). The molecule has 2 aromatic rings. The Morgan fingerprint density at radius 3 is 2.81 bits per heavy atom. The first-order valence-corrected chi connectivity index (χ1v) is 12.6. The number of benzene rings is 1. The molecule has 11 heteroatoms. The minimum absolute atomic E-state index is 0.00937. The molecule has 0 radical (unpaired) electrons. The van der Waals surface area contributed by atoms with Crippen LogP contribution in [-0.4, -0.2) is 69.8 Å². The second kappa shape index (κ2) is 7.79. The van der Waals surface area contributed by atoms with Crippen LogP contribution in [0.25, 0.3) is 11.0 Å². The van der Waals surface area contributed by atoms with Gasteiger partial charge in [0.15, 0.2) is 0 Å². The first-order chi connectivity index (χ1) is 14.6. The van der Waals surface area contributed by atoms with Crippen molar-refractivity contribution in [3.8, 4) is 0 Å². The number of carbonyl (C=O) groups is 2. The maximum atomic E-state index is 12.8. The van der Waals surface area contributed by atoms with Gasteiger partial charge in [-0.05, 0) is 38.5 Å². The maximum Gasteiger partial charge on any atom is 0.330 e. The molecule has 2 fully saturated rings. The predicted octanol–water partition coefficient (Wildman–Crippen LogP) is 1.80. The van der Waals surface area contributed by atoms with Crippen molar-refractivity contribution in [2.75, 3.05) is 19.8 Å². The van der Waals surface area contributed by atoms with E-state index in [0.29, 0.717) is 30.1 Å². The standard InChI is InChI=1S/C20H26N4O5S2/c1-5-23-15-7-6-13(31(27,28)22(3)4)10-14(15)21-17(23)11-29-19(26)16-12-30-20(2)9-8-18(25)24(16)20/h6-7,10,16H,5,8-9,11-12H2,1-4H3. The Balaban J connectivity index is 1.56. The molecule has 0 N–H and O–H groups in total. The van der Waals surface area contributed by atoms with Crippen LogP contribution in [0, 0.1) is 0 Å². The van der Waals surface area contributed by atoms with Crippen molar-refractivity contribution in [1.82, 2.24) is 18.8 Å². The SMILES string of the molecule is CCn1c(COC(=O)C2CSC3(C)CCC(=O)N23)nc2cc(S(=O)(=O)N(C)C)ccc21. The summed E-state index contributed by atoms with van der Waals surface area (Å²) in [6.07, 6.45) is 1.20. The topological polar surface area (TPSA) is 102 Å². The van der Waals surface area contributed by atoms with Gasteiger partial charge in [0.25, 0.3) is 0 Å². The molecular formula is C20H26N4O5S2. The van der Waals surface area contributed by atoms with Gasteiger partial charge < -0.3 is 14.2 Å². The molecule has 2 aliphatic heterocycles. The van der Waals surface area contributed by atoms with Crippen LogP contribution < -0.4 is 0 Å². The third-order valence-electron chi connectivity index (χ3n) is 5.95. The number of thioether (sulfide) groups is 1. The van der Waals surface area contributed by atoms with E-state index >= 15 is 0 Å². The molecular weight excluding hydrogens is 440 g/mol. The van der Waals surface area contributed by atoms with Gasteiger partial charge in [-0.1, -0.05) is 0 Å². The van der Waals surface area contributed by atoms with Gasteiger partial charge in [0.05, 0.1) is 20.8 Å². The Morgan fingerprint density at radius 2 is 2.13 bits per heavy atom. The lowest BCUT2D eigenvalue weighted by molar-refractivity contribution is -0.154. The van der Waals surface area contributed by atoms with Crippen molar-refractivity contribution >= 4 is 44.7 Å². The molecule has 0 aliphatic carbocycles. The average molecular weight is 467 g/mol. The second-order valence-electron chi connectivity index (χ2n) is 8.08. The summed E-state index contributed by atoms with van der Waals surface area (Å²) in [6.45, 7) is 4.48. The highest BCUT2D eigenvalue weighted by atomic mass is 32.2. The number of sulfonamides is 1. The Labute approximate surface area is 185 Å². The Hall–Kier alpha value is -2.11. The molecule has 2 atom stereocenters. The smallest absolute Gasteiger partial charge is 0.330 e. The molecule has 2 saturated heterocycles. The van der Waals surface area contributed by atoms with Gasteiger partial charge in [-0.15, -0.1) is 11.8 Å². The zero-order valence-electron chi connectivity index (χ0n) is 18.0. The van der Waals surface area contributed by atoms with E-state index in [-0.39, 0.29) is 22.3 Å². The van der Waals surface area contributed by atoms with E-state index in [9.17, 15) is 18.0 Å². The lowest BCUT2D eigenvalue weighted by Crippen LogP contribution is -2.46. The number of esters is 1. The summed E-state index contributed by atoms with van der Waals surface area (Å²) in [5, 5.41) is 0. The molecule has 31 heavy (non-hydrogen) atoms. The first kappa shape index (κ1) is 22.1. The molecule has 0 bridgehead atoms. The maximum absolute atomic E-state index is 12.8. The monoisotopic (exact) mass is 466 g/mol. The summed E-state index contributed by atoms with van der Waals surface area (Å²) in [5.41, 5.74) is 1.29. The van der Waals surface area contributed by atoms with Gasteiger partial charge in [-0.2, -0.15) is 0 Å². The summed E-state index contributed by atoms with van der Waals surface area (Å²) in [7, 11) is -0.619. The van der Waals surface area contributed by atoms with Crippen molar-refractivity contribution in [1.29, 1.82) is 0 Å². The van der Waals surface area contributed by atoms with E-state index in [2.05, 4.69) is 4.98 Å². The number of amides is 1. The quantitative estimate of drug-likeness (QED) is 0.598. The summed E-state index contributed by atoms with van der Waals surface area (Å²) in [4.78, 5) is 31.1. The van der Waals surface area contributed by atoms with Crippen molar-refractivity contribution in [2.24, 2.45) is 0 Å². The van der Waals surface area contributed by atoms with E-state index < -0.39 is 22.0 Å². The van der Waals surface area contributed by atoms with Crippen LogP contribution in [0.1, 0.15) is 32.5 Å². The summed E-state index contributed by atoms with van der Waals surface area (Å²) in [6, 6.07) is 4.22. The Bertz CT molecular complexity index is 1160. The molecule has 3 heterocycles. The number of rotatable bonds is 6. The van der Waals surface area contributed by atoms with Gasteiger partial charge in [0.1, 0.15) is 18.5 Å². The minimum Gasteiger partial charge on any atom is -0.456 e. The van der Waals surface area contributed by atoms with Crippen LogP contribution in [0.2, 0.25) is 0 Å². The molecule has 0 saturated carbocycles. The number of carbonyl (C=O) groups excluding carboxylic acids is 2. The van der Waals surface area contributed by atoms with Gasteiger partial charge in [0.2, 0.25) is 15.9 Å². The summed E-state index contributed by atoms with van der Waals surface area (Å²) < 4.78 is 33.5. The van der Waals surface area contributed by atoms with E-state index in [0.717, 1.165) is 16.2 Å². The fourth-order valence-electron chi connectivity index (χ4n) is 4.22. The van der Waals surface area contributed by atoms with Crippen LogP contribution in [0.5, 0.6) is 0 Å². The number of hydrogen-bond acceptors (Lipinski definition) is 7. The van der Waals surface area contributed by atoms with E-state index in [1.807, 2.05) is 18.4 Å². The van der Waals surface area contributed by atoms with E-state index in [1.165, 1.54) is 20.2 Å². The van der Waals surface area contributed by atoms with Gasteiger partial charge in [0, 0.05) is 32.8 Å². The fourth-order valence-corrected chi connectivity index (χ4v) is 6.56. The van der Waals surface area contributed by atoms with Gasteiger partial charge in [-0.3, -0.25) is 4.79 Å². The number of hydrogen-bond donors (Lipinski definition) is 0. The van der Waals surface area contributed by atoms with E-state index in [1.54, 1.807) is 28.8 Å². The fraction of sp³-hybridized carbons (Fsp3) is 0.550. The van der Waals surface area contributed by atoms with Crippen LogP contribution >= 0.6 is 11.8 Å². The van der Waals surface area contributed by atoms with Crippen molar-refractivity contribution < 1.29 is 22.7 Å². The number of nitrogens with zero attached hydrogens (tertiary/aromatic N) is 4. The number of imidazole rings is 1. The third-order valence-corrected chi connectivity index (χ3v) is 9.27. The second-order valence-corrected chi connectivity index (χ2v) is 11.7. The zero-order valence-corrected chi connectivity index (χ0v) is 19.6. The number of aryl methyl sites for hydroxylation is 1. The molecule has 2 aliphatic rings. The zero-order chi connectivity index (χ0) is 22.6. The molecule has 2 unspecified atom stereocenters. The summed E-state index contributed by atoms with van der Waals surface area (Å²) >= 11 is 1.62. The predicted molar refractivity (Wildman–Crippen MR) is 117 cm³/mol. The van der Waals surface area contributed by atoms with Crippen LogP contribution in [0.4, 0.5) is 0 Å². The van der Waals surface area contributed by atoms with Gasteiger partial charge in [-0.25, -0.2) is 22.5 Å². The Morgan fingerprint density at radius 1 is 1.39 bits per heavy atom. The van der Waals surface area contributed by atoms with Crippen molar-refractivity contribution in [3.05, 3.63) is 24.0 Å². The molecule has 1 amide bonds. The summed E-state index contributed by atoms with van der Waals surface area (Å²) in [5.74, 6) is 0.616. The lowest BCUT2D eigenvalue weighted by Gasteiger charge is -2.29.